The van der Waals surface area contributed by atoms with Crippen LogP contribution in [0.3, 0.4) is 0 Å². The van der Waals surface area contributed by atoms with E-state index in [-0.39, 0.29) is 24.2 Å². The van der Waals surface area contributed by atoms with E-state index in [4.69, 9.17) is 4.42 Å². The molecule has 2 aliphatic heterocycles. The van der Waals surface area contributed by atoms with Gasteiger partial charge in [0, 0.05) is 36.6 Å². The summed E-state index contributed by atoms with van der Waals surface area (Å²) < 4.78 is 30.4. The molecule has 1 saturated heterocycles. The van der Waals surface area contributed by atoms with E-state index in [0.29, 0.717) is 22.9 Å². The molecule has 194 valence electrons. The molecule has 0 N–H and O–H groups in total. The molecule has 0 spiro atoms. The van der Waals surface area contributed by atoms with Crippen LogP contribution in [0.4, 0.5) is 14.5 Å². The van der Waals surface area contributed by atoms with Crippen molar-refractivity contribution in [2.24, 2.45) is 0 Å². The maximum absolute atomic E-state index is 13.5. The van der Waals surface area contributed by atoms with Crippen molar-refractivity contribution in [3.8, 4) is 11.5 Å². The number of pyridine rings is 1. The third-order valence-corrected chi connectivity index (χ3v) is 7.21. The van der Waals surface area contributed by atoms with Gasteiger partial charge in [-0.05, 0) is 70.3 Å². The number of benzene rings is 1. The minimum atomic E-state index is -2.86. The maximum Gasteiger partial charge on any atom is 0.314 e. The van der Waals surface area contributed by atoms with Gasteiger partial charge in [0.1, 0.15) is 0 Å². The van der Waals surface area contributed by atoms with Crippen LogP contribution >= 0.6 is 0 Å². The molecule has 2 amide bonds. The molecule has 0 bridgehead atoms. The number of nitrogens with zero attached hydrogens (tertiary/aromatic N) is 6. The number of carbonyl (C=O) groups is 2. The van der Waals surface area contributed by atoms with Gasteiger partial charge in [0.15, 0.2) is 0 Å². The molecular formula is C26H28F2N6O3. The number of aromatic nitrogens is 3. The normalized spacial score (nSPS) is 19.3. The summed E-state index contributed by atoms with van der Waals surface area (Å²) in [7, 11) is 4.15. The van der Waals surface area contributed by atoms with E-state index in [9.17, 15) is 18.4 Å². The number of halogens is 2. The van der Waals surface area contributed by atoms with Gasteiger partial charge in [-0.15, -0.1) is 10.2 Å². The van der Waals surface area contributed by atoms with Crippen LogP contribution in [0.5, 0.6) is 0 Å². The Bertz CT molecular complexity index is 1340. The number of fused-ring (bicyclic) bond motifs is 1. The van der Waals surface area contributed by atoms with Gasteiger partial charge >= 0.3 is 6.43 Å². The zero-order valence-electron chi connectivity index (χ0n) is 21.1. The van der Waals surface area contributed by atoms with Crippen molar-refractivity contribution in [1.29, 1.82) is 0 Å². The van der Waals surface area contributed by atoms with E-state index in [2.05, 4.69) is 39.1 Å². The zero-order chi connectivity index (χ0) is 26.5. The minimum absolute atomic E-state index is 0.0225. The molecule has 1 fully saturated rings. The standard InChI is InChI=1S/C26H28F2N6O3/c1-26(2)20-11-17(33-10-9-18(14-33)32(3)4)7-8-19(20)24(35)34(25(26)36)13-16-6-5-15(12-29-16)22-30-31-23(37-22)21(27)28/h5-8,11-12,18,21H,9-10,13-14H2,1-4H3. The SMILES string of the molecule is CN(C)C1CCN(c2ccc3c(c2)C(C)(C)C(=O)N(Cc2ccc(-c4nnc(C(F)F)o4)cn2)C3=O)C1. The Morgan fingerprint density at radius 1 is 1.16 bits per heavy atom. The second-order valence-electron chi connectivity index (χ2n) is 10.2. The van der Waals surface area contributed by atoms with Gasteiger partial charge in [0.25, 0.3) is 11.8 Å². The smallest absolute Gasteiger partial charge is 0.314 e. The molecule has 2 aliphatic rings. The summed E-state index contributed by atoms with van der Waals surface area (Å²) in [6, 6.07) is 9.38. The van der Waals surface area contributed by atoms with Crippen LogP contribution in [0.2, 0.25) is 0 Å². The third kappa shape index (κ3) is 4.48. The summed E-state index contributed by atoms with van der Waals surface area (Å²) in [6.45, 7) is 5.46. The largest absolute Gasteiger partial charge is 0.415 e. The van der Waals surface area contributed by atoms with E-state index < -0.39 is 17.7 Å². The molecule has 0 radical (unpaired) electrons. The second kappa shape index (κ2) is 9.29. The molecule has 2 aromatic heterocycles. The van der Waals surface area contributed by atoms with Crippen LogP contribution in [0.15, 0.2) is 40.9 Å². The summed E-state index contributed by atoms with van der Waals surface area (Å²) in [6.07, 6.45) is -0.415. The Balaban J connectivity index is 1.37. The first-order chi connectivity index (χ1) is 17.6. The lowest BCUT2D eigenvalue weighted by Crippen LogP contribution is -2.51. The summed E-state index contributed by atoms with van der Waals surface area (Å²) in [4.78, 5) is 36.9. The summed E-state index contributed by atoms with van der Waals surface area (Å²) in [5.41, 5.74) is 2.14. The highest BCUT2D eigenvalue weighted by atomic mass is 19.3. The predicted octanol–water partition coefficient (Wildman–Crippen LogP) is 3.67. The molecule has 4 heterocycles. The number of amides is 2. The molecule has 9 nitrogen and oxygen atoms in total. The van der Waals surface area contributed by atoms with Crippen molar-refractivity contribution >= 4 is 17.5 Å². The van der Waals surface area contributed by atoms with Crippen molar-refractivity contribution < 1.29 is 22.8 Å². The van der Waals surface area contributed by atoms with Crippen LogP contribution in [0.25, 0.3) is 11.5 Å². The van der Waals surface area contributed by atoms with E-state index in [1.54, 1.807) is 12.1 Å². The van der Waals surface area contributed by atoms with Crippen LogP contribution in [0.1, 0.15) is 54.2 Å². The molecule has 1 atom stereocenters. The van der Waals surface area contributed by atoms with Gasteiger partial charge < -0.3 is 14.2 Å². The van der Waals surface area contributed by atoms with Gasteiger partial charge in [-0.25, -0.2) is 0 Å². The first-order valence-corrected chi connectivity index (χ1v) is 12.1. The topological polar surface area (TPSA) is 95.7 Å². The summed E-state index contributed by atoms with van der Waals surface area (Å²) in [5.74, 6) is -1.53. The van der Waals surface area contributed by atoms with Crippen LogP contribution in [-0.2, 0) is 16.8 Å². The van der Waals surface area contributed by atoms with Crippen molar-refractivity contribution in [1.82, 2.24) is 25.0 Å². The molecule has 5 rings (SSSR count). The second-order valence-corrected chi connectivity index (χ2v) is 10.2. The average molecular weight is 511 g/mol. The Kier molecular flexibility index (Phi) is 6.26. The molecular weight excluding hydrogens is 482 g/mol. The quantitative estimate of drug-likeness (QED) is 0.464. The highest BCUT2D eigenvalue weighted by Crippen LogP contribution is 2.38. The molecule has 3 aromatic rings. The lowest BCUT2D eigenvalue weighted by atomic mass is 9.77. The van der Waals surface area contributed by atoms with Crippen molar-refractivity contribution in [2.45, 2.75) is 44.7 Å². The molecule has 1 unspecified atom stereocenters. The predicted molar refractivity (Wildman–Crippen MR) is 131 cm³/mol. The van der Waals surface area contributed by atoms with Crippen molar-refractivity contribution in [3.63, 3.8) is 0 Å². The molecule has 1 aromatic carbocycles. The highest BCUT2D eigenvalue weighted by Gasteiger charge is 2.45. The van der Waals surface area contributed by atoms with Gasteiger partial charge in [0.2, 0.25) is 11.8 Å². The Morgan fingerprint density at radius 3 is 2.57 bits per heavy atom. The van der Waals surface area contributed by atoms with E-state index in [1.807, 2.05) is 32.0 Å². The Morgan fingerprint density at radius 2 is 1.95 bits per heavy atom. The van der Waals surface area contributed by atoms with E-state index in [0.717, 1.165) is 30.8 Å². The monoisotopic (exact) mass is 510 g/mol. The number of rotatable bonds is 6. The van der Waals surface area contributed by atoms with Gasteiger partial charge in [-0.3, -0.25) is 19.5 Å². The van der Waals surface area contributed by atoms with Gasteiger partial charge in [-0.2, -0.15) is 8.78 Å². The molecule has 11 heteroatoms. The zero-order valence-corrected chi connectivity index (χ0v) is 21.1. The van der Waals surface area contributed by atoms with Crippen LogP contribution in [0, 0.1) is 0 Å². The fourth-order valence-corrected chi connectivity index (χ4v) is 4.91. The van der Waals surface area contributed by atoms with Crippen LogP contribution in [-0.4, -0.2) is 70.0 Å². The number of likely N-dealkylation sites (N-methyl/N-ethyl adjacent to an activating group) is 1. The fraction of sp³-hybridized carbons (Fsp3) is 0.423. The van der Waals surface area contributed by atoms with Gasteiger partial charge in [0.05, 0.1) is 23.2 Å². The highest BCUT2D eigenvalue weighted by molar-refractivity contribution is 6.13. The number of alkyl halides is 2. The molecule has 37 heavy (non-hydrogen) atoms. The summed E-state index contributed by atoms with van der Waals surface area (Å²) in [5, 5.41) is 6.92. The van der Waals surface area contributed by atoms with Crippen molar-refractivity contribution in [3.05, 3.63) is 59.2 Å². The first kappa shape index (κ1) is 24.9. The van der Waals surface area contributed by atoms with E-state index in [1.165, 1.54) is 11.1 Å². The first-order valence-electron chi connectivity index (χ1n) is 12.1. The minimum Gasteiger partial charge on any atom is -0.415 e. The number of carbonyl (C=O) groups excluding carboxylic acids is 2. The van der Waals surface area contributed by atoms with Gasteiger partial charge in [-0.1, -0.05) is 0 Å². The van der Waals surface area contributed by atoms with E-state index >= 15 is 0 Å². The summed E-state index contributed by atoms with van der Waals surface area (Å²) >= 11 is 0. The van der Waals surface area contributed by atoms with Crippen molar-refractivity contribution in [2.75, 3.05) is 32.1 Å². The fourth-order valence-electron chi connectivity index (χ4n) is 4.91. The average Bonchev–Trinajstić information content (AvgIpc) is 3.57. The maximum atomic E-state index is 13.5. The lowest BCUT2D eigenvalue weighted by molar-refractivity contribution is -0.134. The number of hydrogen-bond donors (Lipinski definition) is 0. The van der Waals surface area contributed by atoms with Crippen LogP contribution < -0.4 is 4.90 Å². The number of anilines is 1. The third-order valence-electron chi connectivity index (χ3n) is 7.21. The number of imide groups is 1. The molecule has 0 saturated carbocycles. The Labute approximate surface area is 213 Å². The molecule has 0 aliphatic carbocycles. The Hall–Kier alpha value is -3.73. The number of hydrogen-bond acceptors (Lipinski definition) is 8. The lowest BCUT2D eigenvalue weighted by Gasteiger charge is -2.38.